The van der Waals surface area contributed by atoms with Crippen LogP contribution in [0.3, 0.4) is 0 Å². The van der Waals surface area contributed by atoms with Crippen molar-refractivity contribution in [2.24, 2.45) is 0 Å². The van der Waals surface area contributed by atoms with E-state index in [-0.39, 0.29) is 6.42 Å². The quantitative estimate of drug-likeness (QED) is 0.744. The summed E-state index contributed by atoms with van der Waals surface area (Å²) in [7, 11) is 0. The molecular weight excluding hydrogens is 314 g/mol. The Morgan fingerprint density at radius 3 is 2.57 bits per heavy atom. The number of halogens is 1. The van der Waals surface area contributed by atoms with E-state index >= 15 is 0 Å². The van der Waals surface area contributed by atoms with Gasteiger partial charge in [-0.2, -0.15) is 0 Å². The highest BCUT2D eigenvalue weighted by Crippen LogP contribution is 2.25. The Labute approximate surface area is 138 Å². The van der Waals surface area contributed by atoms with Crippen LogP contribution >= 0.6 is 11.6 Å². The Bertz CT molecular complexity index is 850. The van der Waals surface area contributed by atoms with Crippen molar-refractivity contribution in [3.05, 3.63) is 53.6 Å². The molecule has 0 aliphatic rings. The molecule has 0 saturated carbocycles. The number of hydrogen-bond acceptors (Lipinski definition) is 4. The van der Waals surface area contributed by atoms with Crippen LogP contribution < -0.4 is 5.32 Å². The molecule has 0 spiro atoms. The summed E-state index contributed by atoms with van der Waals surface area (Å²) in [5.41, 5.74) is 1.65. The van der Waals surface area contributed by atoms with Crippen LogP contribution in [0.5, 0.6) is 0 Å². The molecule has 0 fully saturated rings. The van der Waals surface area contributed by atoms with Gasteiger partial charge in [-0.05, 0) is 36.4 Å². The maximum atomic E-state index is 10.7. The van der Waals surface area contributed by atoms with Crippen LogP contribution in [-0.4, -0.2) is 27.6 Å². The molecule has 3 aromatic rings. The predicted molar refractivity (Wildman–Crippen MR) is 90.7 cm³/mol. The van der Waals surface area contributed by atoms with Crippen LogP contribution in [-0.2, 0) is 4.79 Å². The molecule has 0 aliphatic carbocycles. The average Bonchev–Trinajstić information content (AvgIpc) is 2.55. The Kier molecular flexibility index (Phi) is 4.39. The van der Waals surface area contributed by atoms with Crippen LogP contribution in [0.1, 0.15) is 6.42 Å². The third-order valence-electron chi connectivity index (χ3n) is 3.34. The fourth-order valence-electron chi connectivity index (χ4n) is 2.23. The molecule has 6 heteroatoms. The van der Waals surface area contributed by atoms with Gasteiger partial charge in [-0.1, -0.05) is 23.7 Å². The Hall–Kier alpha value is -2.66. The zero-order valence-corrected chi connectivity index (χ0v) is 12.9. The topological polar surface area (TPSA) is 75.1 Å². The van der Waals surface area contributed by atoms with Crippen molar-refractivity contribution in [3.63, 3.8) is 0 Å². The predicted octanol–water partition coefficient (Wildman–Crippen LogP) is 3.84. The van der Waals surface area contributed by atoms with Crippen LogP contribution in [0.25, 0.3) is 22.3 Å². The maximum absolute atomic E-state index is 10.7. The van der Waals surface area contributed by atoms with Gasteiger partial charge < -0.3 is 10.4 Å². The van der Waals surface area contributed by atoms with E-state index in [0.717, 1.165) is 16.5 Å². The second kappa shape index (κ2) is 6.62. The van der Waals surface area contributed by atoms with E-state index in [4.69, 9.17) is 16.7 Å². The SMILES string of the molecule is O=C(O)CCNc1nc(-c2ccc(Cl)cc2)nc2ccccc12. The smallest absolute Gasteiger partial charge is 0.305 e. The maximum Gasteiger partial charge on any atom is 0.305 e. The lowest BCUT2D eigenvalue weighted by Crippen LogP contribution is -2.09. The molecule has 116 valence electrons. The van der Waals surface area contributed by atoms with E-state index in [1.807, 2.05) is 36.4 Å². The molecule has 0 aliphatic heterocycles. The van der Waals surface area contributed by atoms with E-state index in [1.165, 1.54) is 0 Å². The van der Waals surface area contributed by atoms with E-state index in [9.17, 15) is 4.79 Å². The van der Waals surface area contributed by atoms with Crippen LogP contribution in [0.4, 0.5) is 5.82 Å². The van der Waals surface area contributed by atoms with Crippen molar-refractivity contribution < 1.29 is 9.90 Å². The first kappa shape index (κ1) is 15.2. The minimum Gasteiger partial charge on any atom is -0.481 e. The highest BCUT2D eigenvalue weighted by Gasteiger charge is 2.09. The number of aliphatic carboxylic acids is 1. The highest BCUT2D eigenvalue weighted by atomic mass is 35.5. The van der Waals surface area contributed by atoms with E-state index in [2.05, 4.69) is 15.3 Å². The van der Waals surface area contributed by atoms with Crippen LogP contribution in [0.2, 0.25) is 5.02 Å². The molecule has 3 rings (SSSR count). The van der Waals surface area contributed by atoms with Crippen molar-refractivity contribution in [1.29, 1.82) is 0 Å². The molecule has 0 amide bonds. The van der Waals surface area contributed by atoms with E-state index in [0.29, 0.717) is 23.2 Å². The van der Waals surface area contributed by atoms with Gasteiger partial charge in [-0.3, -0.25) is 4.79 Å². The third-order valence-corrected chi connectivity index (χ3v) is 3.59. The van der Waals surface area contributed by atoms with Crippen molar-refractivity contribution in [2.75, 3.05) is 11.9 Å². The summed E-state index contributed by atoms with van der Waals surface area (Å²) in [6, 6.07) is 14.9. The Balaban J connectivity index is 2.02. The third kappa shape index (κ3) is 3.57. The fraction of sp³-hybridized carbons (Fsp3) is 0.118. The molecule has 2 N–H and O–H groups in total. The number of hydrogen-bond donors (Lipinski definition) is 2. The minimum absolute atomic E-state index is 0.0224. The molecule has 0 bridgehead atoms. The zero-order chi connectivity index (χ0) is 16.2. The highest BCUT2D eigenvalue weighted by molar-refractivity contribution is 6.30. The first-order valence-corrected chi connectivity index (χ1v) is 7.49. The lowest BCUT2D eigenvalue weighted by molar-refractivity contribution is -0.136. The number of rotatable bonds is 5. The second-order valence-electron chi connectivity index (χ2n) is 4.99. The van der Waals surface area contributed by atoms with Gasteiger partial charge in [-0.15, -0.1) is 0 Å². The van der Waals surface area contributed by atoms with Crippen molar-refractivity contribution in [3.8, 4) is 11.4 Å². The number of nitrogens with zero attached hydrogens (tertiary/aromatic N) is 2. The molecule has 0 radical (unpaired) electrons. The molecule has 0 saturated heterocycles. The summed E-state index contributed by atoms with van der Waals surface area (Å²) in [5.74, 6) is 0.341. The second-order valence-corrected chi connectivity index (χ2v) is 5.43. The van der Waals surface area contributed by atoms with Crippen molar-refractivity contribution >= 4 is 34.3 Å². The molecule has 1 heterocycles. The molecular formula is C17H14ClN3O2. The summed E-state index contributed by atoms with van der Waals surface area (Å²) in [6.07, 6.45) is 0.0224. The Morgan fingerprint density at radius 2 is 1.83 bits per heavy atom. The number of carboxylic acid groups (broad SMARTS) is 1. The molecule has 2 aromatic carbocycles. The van der Waals surface area contributed by atoms with Gasteiger partial charge in [-0.25, -0.2) is 9.97 Å². The Morgan fingerprint density at radius 1 is 1.09 bits per heavy atom. The molecule has 5 nitrogen and oxygen atoms in total. The monoisotopic (exact) mass is 327 g/mol. The number of benzene rings is 2. The average molecular weight is 328 g/mol. The normalized spacial score (nSPS) is 10.7. The first-order valence-electron chi connectivity index (χ1n) is 7.12. The number of anilines is 1. The lowest BCUT2D eigenvalue weighted by atomic mass is 10.2. The molecule has 0 unspecified atom stereocenters. The van der Waals surface area contributed by atoms with Gasteiger partial charge in [0.05, 0.1) is 11.9 Å². The van der Waals surface area contributed by atoms with E-state index in [1.54, 1.807) is 12.1 Å². The van der Waals surface area contributed by atoms with E-state index < -0.39 is 5.97 Å². The van der Waals surface area contributed by atoms with Gasteiger partial charge in [0.25, 0.3) is 0 Å². The summed E-state index contributed by atoms with van der Waals surface area (Å²) in [4.78, 5) is 19.8. The summed E-state index contributed by atoms with van der Waals surface area (Å²) >= 11 is 5.91. The molecule has 0 atom stereocenters. The number of carboxylic acids is 1. The number of para-hydroxylation sites is 1. The standard InChI is InChI=1S/C17H14ClN3O2/c18-12-7-5-11(6-8-12)16-20-14-4-2-1-3-13(14)17(21-16)19-10-9-15(22)23/h1-8H,9-10H2,(H,22,23)(H,19,20,21). The van der Waals surface area contributed by atoms with Crippen molar-refractivity contribution in [1.82, 2.24) is 9.97 Å². The lowest BCUT2D eigenvalue weighted by Gasteiger charge is -2.10. The summed E-state index contributed by atoms with van der Waals surface area (Å²) in [5, 5.41) is 13.4. The van der Waals surface area contributed by atoms with Gasteiger partial charge in [0.2, 0.25) is 0 Å². The number of carbonyl (C=O) groups is 1. The fourth-order valence-corrected chi connectivity index (χ4v) is 2.35. The van der Waals surface area contributed by atoms with Gasteiger partial charge >= 0.3 is 5.97 Å². The largest absolute Gasteiger partial charge is 0.481 e. The van der Waals surface area contributed by atoms with Gasteiger partial charge in [0.15, 0.2) is 5.82 Å². The molecule has 1 aromatic heterocycles. The number of fused-ring (bicyclic) bond motifs is 1. The summed E-state index contributed by atoms with van der Waals surface area (Å²) in [6.45, 7) is 0.302. The number of aromatic nitrogens is 2. The van der Waals surface area contributed by atoms with Gasteiger partial charge in [0.1, 0.15) is 5.82 Å². The summed E-state index contributed by atoms with van der Waals surface area (Å²) < 4.78 is 0. The number of nitrogens with one attached hydrogen (secondary N) is 1. The van der Waals surface area contributed by atoms with Crippen molar-refractivity contribution in [2.45, 2.75) is 6.42 Å². The first-order chi connectivity index (χ1) is 11.1. The molecule has 23 heavy (non-hydrogen) atoms. The van der Waals surface area contributed by atoms with Crippen LogP contribution in [0, 0.1) is 0 Å². The van der Waals surface area contributed by atoms with Crippen LogP contribution in [0.15, 0.2) is 48.5 Å². The minimum atomic E-state index is -0.853. The zero-order valence-electron chi connectivity index (χ0n) is 12.2. The van der Waals surface area contributed by atoms with Gasteiger partial charge in [0, 0.05) is 22.5 Å².